The maximum absolute atomic E-state index is 11.2. The number of piperidine rings is 1. The Bertz CT molecular complexity index is 931. The number of aromatic nitrogens is 3. The van der Waals surface area contributed by atoms with Crippen molar-refractivity contribution in [2.24, 2.45) is 0 Å². The standard InChI is InChI=1S/C19H23N5OS/c1-12-17(8-14-5-6-20-18(14)22-12)15-4-3-7-24(10-15)11-16-9-21-19(26-16)23-13(2)25/h5-6,8-9,15H,3-4,7,10-11H2,1-2H3,(H,20,22)(H,21,23,25). The molecule has 3 aromatic heterocycles. The Morgan fingerprint density at radius 2 is 2.38 bits per heavy atom. The molecule has 7 heteroatoms. The molecule has 1 unspecified atom stereocenters. The SMILES string of the molecule is CC(=O)Nc1ncc(CN2CCCC(c3cc4cc[nH]c4nc3C)C2)s1. The van der Waals surface area contributed by atoms with Gasteiger partial charge >= 0.3 is 0 Å². The highest BCUT2D eigenvalue weighted by molar-refractivity contribution is 7.15. The zero-order valence-corrected chi connectivity index (χ0v) is 15.9. The molecule has 0 radical (unpaired) electrons. The van der Waals surface area contributed by atoms with Crippen LogP contribution in [0.15, 0.2) is 24.5 Å². The maximum Gasteiger partial charge on any atom is 0.223 e. The molecule has 2 N–H and O–H groups in total. The van der Waals surface area contributed by atoms with Crippen molar-refractivity contribution in [1.29, 1.82) is 0 Å². The van der Waals surface area contributed by atoms with Crippen LogP contribution in [0.1, 0.15) is 41.8 Å². The van der Waals surface area contributed by atoms with E-state index in [0.29, 0.717) is 11.0 Å². The van der Waals surface area contributed by atoms with Gasteiger partial charge in [0.05, 0.1) is 0 Å². The molecule has 6 nitrogen and oxygen atoms in total. The topological polar surface area (TPSA) is 73.9 Å². The highest BCUT2D eigenvalue weighted by Gasteiger charge is 2.24. The second-order valence-electron chi connectivity index (χ2n) is 6.97. The molecule has 0 aromatic carbocycles. The molecule has 3 aromatic rings. The third-order valence-corrected chi connectivity index (χ3v) is 5.82. The number of aryl methyl sites for hydroxylation is 1. The predicted molar refractivity (Wildman–Crippen MR) is 105 cm³/mol. The van der Waals surface area contributed by atoms with Gasteiger partial charge in [0.2, 0.25) is 5.91 Å². The van der Waals surface area contributed by atoms with Crippen molar-refractivity contribution in [3.8, 4) is 0 Å². The van der Waals surface area contributed by atoms with Crippen LogP contribution in [0.3, 0.4) is 0 Å². The van der Waals surface area contributed by atoms with E-state index in [9.17, 15) is 4.79 Å². The minimum absolute atomic E-state index is 0.0768. The average molecular weight is 369 g/mol. The average Bonchev–Trinajstić information content (AvgIpc) is 3.22. The van der Waals surface area contributed by atoms with Crippen LogP contribution in [0, 0.1) is 6.92 Å². The Morgan fingerprint density at radius 3 is 3.23 bits per heavy atom. The Balaban J connectivity index is 1.47. The van der Waals surface area contributed by atoms with Crippen molar-refractivity contribution in [3.05, 3.63) is 40.7 Å². The zero-order chi connectivity index (χ0) is 18.1. The number of hydrogen-bond acceptors (Lipinski definition) is 5. The fourth-order valence-electron chi connectivity index (χ4n) is 3.77. The molecule has 4 heterocycles. The molecule has 1 atom stereocenters. The number of carbonyl (C=O) groups excluding carboxylic acids is 1. The first kappa shape index (κ1) is 17.2. The van der Waals surface area contributed by atoms with E-state index in [1.807, 2.05) is 12.4 Å². The Morgan fingerprint density at radius 1 is 1.50 bits per heavy atom. The van der Waals surface area contributed by atoms with E-state index in [1.54, 1.807) is 11.3 Å². The number of pyridine rings is 1. The molecule has 4 rings (SSSR count). The lowest BCUT2D eigenvalue weighted by Crippen LogP contribution is -2.34. The minimum atomic E-state index is -0.0768. The molecule has 136 valence electrons. The summed E-state index contributed by atoms with van der Waals surface area (Å²) in [5.41, 5.74) is 3.46. The Hall–Kier alpha value is -2.25. The number of H-pyrrole nitrogens is 1. The quantitative estimate of drug-likeness (QED) is 0.736. The molecule has 0 spiro atoms. The maximum atomic E-state index is 11.2. The van der Waals surface area contributed by atoms with E-state index in [2.05, 4.69) is 39.2 Å². The second-order valence-corrected chi connectivity index (χ2v) is 8.08. The van der Waals surface area contributed by atoms with Crippen LogP contribution in [-0.4, -0.2) is 38.8 Å². The minimum Gasteiger partial charge on any atom is -0.346 e. The monoisotopic (exact) mass is 369 g/mol. The van der Waals surface area contributed by atoms with Gasteiger partial charge in [0, 0.05) is 48.4 Å². The number of nitrogens with one attached hydrogen (secondary N) is 2. The summed E-state index contributed by atoms with van der Waals surface area (Å²) in [6.07, 6.45) is 6.21. The fourth-order valence-corrected chi connectivity index (χ4v) is 4.67. The first-order chi connectivity index (χ1) is 12.6. The molecule has 26 heavy (non-hydrogen) atoms. The normalized spacial score (nSPS) is 18.3. The summed E-state index contributed by atoms with van der Waals surface area (Å²) >= 11 is 1.56. The molecule has 1 saturated heterocycles. The van der Waals surface area contributed by atoms with E-state index < -0.39 is 0 Å². The lowest BCUT2D eigenvalue weighted by molar-refractivity contribution is -0.114. The largest absolute Gasteiger partial charge is 0.346 e. The van der Waals surface area contributed by atoms with Gasteiger partial charge < -0.3 is 10.3 Å². The predicted octanol–water partition coefficient (Wildman–Crippen LogP) is 3.67. The van der Waals surface area contributed by atoms with Crippen molar-refractivity contribution in [2.45, 2.75) is 39.2 Å². The summed E-state index contributed by atoms with van der Waals surface area (Å²) in [5.74, 6) is 0.436. The van der Waals surface area contributed by atoms with E-state index in [4.69, 9.17) is 4.98 Å². The van der Waals surface area contributed by atoms with E-state index in [0.717, 1.165) is 31.0 Å². The van der Waals surface area contributed by atoms with E-state index in [-0.39, 0.29) is 5.91 Å². The first-order valence-electron chi connectivity index (χ1n) is 8.98. The van der Waals surface area contributed by atoms with Crippen LogP contribution in [0.4, 0.5) is 5.13 Å². The summed E-state index contributed by atoms with van der Waals surface area (Å²) < 4.78 is 0. The molecule has 1 aliphatic rings. The van der Waals surface area contributed by atoms with Crippen LogP contribution < -0.4 is 5.32 Å². The summed E-state index contributed by atoms with van der Waals surface area (Å²) in [6, 6.07) is 4.39. The number of rotatable bonds is 4. The Kier molecular flexibility index (Phi) is 4.74. The van der Waals surface area contributed by atoms with Gasteiger partial charge in [0.1, 0.15) is 5.65 Å². The van der Waals surface area contributed by atoms with Gasteiger partial charge in [-0.2, -0.15) is 0 Å². The van der Waals surface area contributed by atoms with Crippen LogP contribution in [-0.2, 0) is 11.3 Å². The van der Waals surface area contributed by atoms with Gasteiger partial charge in [0.25, 0.3) is 0 Å². The van der Waals surface area contributed by atoms with Gasteiger partial charge in [0.15, 0.2) is 5.13 Å². The molecule has 1 fully saturated rings. The Labute approximate surface area is 156 Å². The molecular formula is C19H23N5OS. The lowest BCUT2D eigenvalue weighted by atomic mass is 9.89. The van der Waals surface area contributed by atoms with Crippen LogP contribution in [0.2, 0.25) is 0 Å². The summed E-state index contributed by atoms with van der Waals surface area (Å²) in [7, 11) is 0. The van der Waals surface area contributed by atoms with Crippen LogP contribution in [0.5, 0.6) is 0 Å². The van der Waals surface area contributed by atoms with Crippen molar-refractivity contribution in [1.82, 2.24) is 19.9 Å². The molecular weight excluding hydrogens is 346 g/mol. The number of nitrogens with zero attached hydrogens (tertiary/aromatic N) is 3. The fraction of sp³-hybridized carbons (Fsp3) is 0.421. The number of aromatic amines is 1. The summed E-state index contributed by atoms with van der Waals surface area (Å²) in [6.45, 7) is 6.63. The molecule has 0 bridgehead atoms. The highest BCUT2D eigenvalue weighted by atomic mass is 32.1. The molecule has 0 saturated carbocycles. The van der Waals surface area contributed by atoms with Gasteiger partial charge in [-0.25, -0.2) is 9.97 Å². The van der Waals surface area contributed by atoms with Crippen LogP contribution in [0.25, 0.3) is 11.0 Å². The molecule has 1 aliphatic heterocycles. The number of thiazole rings is 1. The second kappa shape index (κ2) is 7.17. The zero-order valence-electron chi connectivity index (χ0n) is 15.1. The number of hydrogen-bond donors (Lipinski definition) is 2. The summed E-state index contributed by atoms with van der Waals surface area (Å²) in [4.78, 5) is 27.0. The summed E-state index contributed by atoms with van der Waals surface area (Å²) in [5, 5.41) is 4.62. The third kappa shape index (κ3) is 3.64. The number of amides is 1. The van der Waals surface area contributed by atoms with Gasteiger partial charge in [-0.05, 0) is 49.9 Å². The lowest BCUT2D eigenvalue weighted by Gasteiger charge is -2.33. The number of fused-ring (bicyclic) bond motifs is 1. The van der Waals surface area contributed by atoms with Gasteiger partial charge in [-0.15, -0.1) is 11.3 Å². The van der Waals surface area contributed by atoms with Crippen molar-refractivity contribution >= 4 is 33.4 Å². The van der Waals surface area contributed by atoms with Gasteiger partial charge in [-0.1, -0.05) is 0 Å². The number of anilines is 1. The van der Waals surface area contributed by atoms with E-state index >= 15 is 0 Å². The van der Waals surface area contributed by atoms with E-state index in [1.165, 1.54) is 35.6 Å². The van der Waals surface area contributed by atoms with Gasteiger partial charge in [-0.3, -0.25) is 9.69 Å². The number of likely N-dealkylation sites (tertiary alicyclic amines) is 1. The third-order valence-electron chi connectivity index (χ3n) is 4.93. The molecule has 1 amide bonds. The van der Waals surface area contributed by atoms with Crippen molar-refractivity contribution < 1.29 is 4.79 Å². The molecule has 0 aliphatic carbocycles. The van der Waals surface area contributed by atoms with Crippen molar-refractivity contribution in [3.63, 3.8) is 0 Å². The smallest absolute Gasteiger partial charge is 0.223 e. The first-order valence-corrected chi connectivity index (χ1v) is 9.79. The van der Waals surface area contributed by atoms with Crippen molar-refractivity contribution in [2.75, 3.05) is 18.4 Å². The van der Waals surface area contributed by atoms with Crippen LogP contribution >= 0.6 is 11.3 Å². The highest BCUT2D eigenvalue weighted by Crippen LogP contribution is 2.31. The number of carbonyl (C=O) groups is 1.